The number of hydrogen-bond acceptors (Lipinski definition) is 8. The molecule has 0 saturated heterocycles. The second kappa shape index (κ2) is 39.5. The predicted octanol–water partition coefficient (Wildman–Crippen LogP) is 13.0. The molecule has 0 spiro atoms. The molecular formula is C46H92NO8P. The summed E-state index contributed by atoms with van der Waals surface area (Å²) in [6.07, 6.45) is 40.4. The molecule has 0 amide bonds. The highest BCUT2D eigenvalue weighted by Gasteiger charge is 2.21. The average Bonchev–Trinajstić information content (AvgIpc) is 3.15. The van der Waals surface area contributed by atoms with E-state index in [0.717, 1.165) is 38.5 Å². The van der Waals surface area contributed by atoms with Crippen LogP contribution in [0.25, 0.3) is 0 Å². The molecule has 2 unspecified atom stereocenters. The van der Waals surface area contributed by atoms with Crippen LogP contribution in [0.5, 0.6) is 0 Å². The van der Waals surface area contributed by atoms with Gasteiger partial charge in [0, 0.05) is 12.8 Å². The third kappa shape index (κ3) is 42.6. The number of phosphoric acid groups is 1. The van der Waals surface area contributed by atoms with Crippen LogP contribution in [0, 0.1) is 0 Å². The molecular weight excluding hydrogens is 725 g/mol. The van der Waals surface area contributed by atoms with Crippen LogP contribution in [0.1, 0.15) is 232 Å². The Kier molecular flexibility index (Phi) is 38.8. The fourth-order valence-electron chi connectivity index (χ4n) is 6.89. The lowest BCUT2D eigenvalue weighted by atomic mass is 10.0. The van der Waals surface area contributed by atoms with Gasteiger partial charge < -0.3 is 27.9 Å². The summed E-state index contributed by atoms with van der Waals surface area (Å²) in [6, 6.07) is 0. The Hall–Kier alpha value is -0.990. The highest BCUT2D eigenvalue weighted by molar-refractivity contribution is 7.45. The van der Waals surface area contributed by atoms with E-state index in [-0.39, 0.29) is 32.0 Å². The maximum absolute atomic E-state index is 12.6. The van der Waals surface area contributed by atoms with Crippen molar-refractivity contribution in [2.24, 2.45) is 0 Å². The highest BCUT2D eigenvalue weighted by Crippen LogP contribution is 2.38. The molecule has 0 aliphatic heterocycles. The minimum Gasteiger partial charge on any atom is -0.756 e. The van der Waals surface area contributed by atoms with Gasteiger partial charge in [0.1, 0.15) is 19.8 Å². The molecule has 0 aliphatic carbocycles. The molecule has 0 bridgehead atoms. The first-order chi connectivity index (χ1) is 27.0. The van der Waals surface area contributed by atoms with Gasteiger partial charge in [0.2, 0.25) is 0 Å². The number of nitrogens with zero attached hydrogens (tertiary/aromatic N) is 1. The molecule has 0 radical (unpaired) electrons. The molecule has 56 heavy (non-hydrogen) atoms. The molecule has 0 aromatic carbocycles. The van der Waals surface area contributed by atoms with Gasteiger partial charge in [-0.3, -0.25) is 14.2 Å². The zero-order chi connectivity index (χ0) is 41.4. The van der Waals surface area contributed by atoms with Gasteiger partial charge in [0.05, 0.1) is 27.7 Å². The summed E-state index contributed by atoms with van der Waals surface area (Å²) >= 11 is 0. The standard InChI is InChI=1S/C46H92NO8P/c1-6-8-10-12-14-15-16-17-18-19-20-21-22-23-24-25-26-27-28-29-30-31-32-33-35-37-39-46(49)55-44(42-52-45(48)38-36-34-13-11-9-7-2)43-54-56(50,51)53-41-40-47(3,4)5/h44H,6-43H2,1-5H3. The molecule has 334 valence electrons. The van der Waals surface area contributed by atoms with Gasteiger partial charge in [-0.15, -0.1) is 0 Å². The van der Waals surface area contributed by atoms with Gasteiger partial charge in [-0.2, -0.15) is 0 Å². The van der Waals surface area contributed by atoms with Crippen molar-refractivity contribution >= 4 is 19.8 Å². The highest BCUT2D eigenvalue weighted by atomic mass is 31.2. The lowest BCUT2D eigenvalue weighted by Gasteiger charge is -2.28. The van der Waals surface area contributed by atoms with E-state index < -0.39 is 26.5 Å². The molecule has 2 atom stereocenters. The van der Waals surface area contributed by atoms with Gasteiger partial charge in [-0.1, -0.05) is 206 Å². The van der Waals surface area contributed by atoms with Crippen molar-refractivity contribution in [3.8, 4) is 0 Å². The number of carbonyl (C=O) groups excluding carboxylic acids is 2. The number of ether oxygens (including phenoxy) is 2. The van der Waals surface area contributed by atoms with Gasteiger partial charge in [0.25, 0.3) is 7.82 Å². The summed E-state index contributed by atoms with van der Waals surface area (Å²) in [7, 11) is 1.18. The van der Waals surface area contributed by atoms with E-state index in [2.05, 4.69) is 13.8 Å². The molecule has 0 aliphatic rings. The Bertz CT molecular complexity index is 927. The lowest BCUT2D eigenvalue weighted by molar-refractivity contribution is -0.870. The fourth-order valence-corrected chi connectivity index (χ4v) is 7.62. The second-order valence-corrected chi connectivity index (χ2v) is 18.9. The second-order valence-electron chi connectivity index (χ2n) is 17.5. The van der Waals surface area contributed by atoms with Gasteiger partial charge in [-0.25, -0.2) is 0 Å². The summed E-state index contributed by atoms with van der Waals surface area (Å²) in [5.74, 6) is -0.831. The molecule has 9 nitrogen and oxygen atoms in total. The zero-order valence-corrected chi connectivity index (χ0v) is 38.5. The van der Waals surface area contributed by atoms with Crippen LogP contribution in [0.3, 0.4) is 0 Å². The third-order valence-electron chi connectivity index (χ3n) is 10.6. The maximum atomic E-state index is 12.6. The number of hydrogen-bond donors (Lipinski definition) is 0. The number of rotatable bonds is 44. The topological polar surface area (TPSA) is 111 Å². The zero-order valence-electron chi connectivity index (χ0n) is 37.6. The monoisotopic (exact) mass is 818 g/mol. The molecule has 0 saturated carbocycles. The van der Waals surface area contributed by atoms with E-state index in [9.17, 15) is 19.0 Å². The largest absolute Gasteiger partial charge is 0.756 e. The first-order valence-corrected chi connectivity index (χ1v) is 25.2. The van der Waals surface area contributed by atoms with Crippen molar-refractivity contribution in [2.75, 3.05) is 47.5 Å². The first kappa shape index (κ1) is 55.0. The molecule has 0 aromatic heterocycles. The summed E-state index contributed by atoms with van der Waals surface area (Å²) in [4.78, 5) is 37.3. The number of carbonyl (C=O) groups is 2. The van der Waals surface area contributed by atoms with Crippen molar-refractivity contribution in [3.05, 3.63) is 0 Å². The average molecular weight is 818 g/mol. The molecule has 0 aromatic rings. The number of esters is 2. The molecule has 10 heteroatoms. The van der Waals surface area contributed by atoms with E-state index in [1.165, 1.54) is 161 Å². The Morgan fingerprint density at radius 1 is 0.482 bits per heavy atom. The van der Waals surface area contributed by atoms with Crippen molar-refractivity contribution < 1.29 is 42.1 Å². The molecule has 0 fully saturated rings. The van der Waals surface area contributed by atoms with Crippen molar-refractivity contribution in [2.45, 2.75) is 238 Å². The molecule has 0 heterocycles. The van der Waals surface area contributed by atoms with Crippen LogP contribution in [0.15, 0.2) is 0 Å². The van der Waals surface area contributed by atoms with Crippen LogP contribution in [-0.4, -0.2) is 70.0 Å². The Labute approximate surface area is 346 Å². The lowest BCUT2D eigenvalue weighted by Crippen LogP contribution is -2.37. The normalized spacial score (nSPS) is 13.5. The van der Waals surface area contributed by atoms with E-state index >= 15 is 0 Å². The quantitative estimate of drug-likeness (QED) is 0.0259. The van der Waals surface area contributed by atoms with Crippen molar-refractivity contribution in [1.29, 1.82) is 0 Å². The smallest absolute Gasteiger partial charge is 0.306 e. The number of unbranched alkanes of at least 4 members (excludes halogenated alkanes) is 30. The van der Waals surface area contributed by atoms with Crippen LogP contribution >= 0.6 is 7.82 Å². The van der Waals surface area contributed by atoms with Crippen LogP contribution in [0.4, 0.5) is 0 Å². The third-order valence-corrected chi connectivity index (χ3v) is 11.6. The van der Waals surface area contributed by atoms with Crippen molar-refractivity contribution in [3.63, 3.8) is 0 Å². The summed E-state index contributed by atoms with van der Waals surface area (Å²) in [5, 5.41) is 0. The number of likely N-dealkylation sites (N-methyl/N-ethyl adjacent to an activating group) is 1. The fraction of sp³-hybridized carbons (Fsp3) is 0.957. The molecule has 0 rings (SSSR count). The predicted molar refractivity (Wildman–Crippen MR) is 232 cm³/mol. The summed E-state index contributed by atoms with van der Waals surface area (Å²) in [6.45, 7) is 4.19. The number of phosphoric ester groups is 1. The minimum atomic E-state index is -4.61. The Balaban J connectivity index is 3.97. The summed E-state index contributed by atoms with van der Waals surface area (Å²) < 4.78 is 33.8. The van der Waals surface area contributed by atoms with Crippen LogP contribution in [-0.2, 0) is 32.7 Å². The summed E-state index contributed by atoms with van der Waals surface area (Å²) in [5.41, 5.74) is 0. The van der Waals surface area contributed by atoms with Crippen LogP contribution in [0.2, 0.25) is 0 Å². The maximum Gasteiger partial charge on any atom is 0.306 e. The van der Waals surface area contributed by atoms with E-state index in [0.29, 0.717) is 17.4 Å². The Morgan fingerprint density at radius 2 is 0.804 bits per heavy atom. The van der Waals surface area contributed by atoms with Gasteiger partial charge >= 0.3 is 11.9 Å². The minimum absolute atomic E-state index is 0.0262. The van der Waals surface area contributed by atoms with E-state index in [1.54, 1.807) is 0 Å². The van der Waals surface area contributed by atoms with Gasteiger partial charge in [-0.05, 0) is 12.8 Å². The van der Waals surface area contributed by atoms with E-state index in [1.807, 2.05) is 21.1 Å². The SMILES string of the molecule is CCCCCCCCCCCCCCCCCCCCCCCCCCCCC(=O)OC(COC(=O)CCCCCCCC)COP(=O)([O-])OCC[N+](C)(C)C. The van der Waals surface area contributed by atoms with E-state index in [4.69, 9.17) is 18.5 Å². The number of quaternary nitrogens is 1. The van der Waals surface area contributed by atoms with Crippen molar-refractivity contribution in [1.82, 2.24) is 0 Å². The van der Waals surface area contributed by atoms with Gasteiger partial charge in [0.15, 0.2) is 6.10 Å². The van der Waals surface area contributed by atoms with Crippen LogP contribution < -0.4 is 4.89 Å². The molecule has 0 N–H and O–H groups in total. The first-order valence-electron chi connectivity index (χ1n) is 23.7. The Morgan fingerprint density at radius 3 is 1.14 bits per heavy atom.